The summed E-state index contributed by atoms with van der Waals surface area (Å²) in [7, 11) is 1.71. The van der Waals surface area contributed by atoms with Gasteiger partial charge in [0.1, 0.15) is 5.78 Å². The van der Waals surface area contributed by atoms with Crippen molar-refractivity contribution in [2.75, 3.05) is 46.4 Å². The quantitative estimate of drug-likeness (QED) is 0.623. The van der Waals surface area contributed by atoms with Gasteiger partial charge in [-0.1, -0.05) is 13.8 Å². The first-order chi connectivity index (χ1) is 10.5. The van der Waals surface area contributed by atoms with E-state index >= 15 is 0 Å². The van der Waals surface area contributed by atoms with Crippen LogP contribution in [0.2, 0.25) is 0 Å². The van der Waals surface area contributed by atoms with Gasteiger partial charge in [-0.05, 0) is 14.0 Å². The fourth-order valence-electron chi connectivity index (χ4n) is 2.84. The van der Waals surface area contributed by atoms with Gasteiger partial charge in [-0.3, -0.25) is 29.1 Å². The molecule has 8 heteroatoms. The minimum absolute atomic E-state index is 0.0883. The number of Topliss-reactive ketones (excluding diaryl/α,β-unsaturated/α-hetero) is 1. The molecule has 132 valence electrons. The number of carbonyl (C=O) groups is 3. The first-order valence-electron chi connectivity index (χ1n) is 7.66. The van der Waals surface area contributed by atoms with Crippen LogP contribution in [0, 0.1) is 5.92 Å². The first-order valence-corrected chi connectivity index (χ1v) is 7.66. The highest BCUT2D eigenvalue weighted by molar-refractivity contribution is 5.82. The van der Waals surface area contributed by atoms with Crippen molar-refractivity contribution < 1.29 is 24.6 Å². The Balaban J connectivity index is 2.90. The molecule has 1 atom stereocenters. The van der Waals surface area contributed by atoms with Crippen molar-refractivity contribution in [3.63, 3.8) is 0 Å². The summed E-state index contributed by atoms with van der Waals surface area (Å²) in [6.45, 7) is 6.88. The standard InChI is InChI=1S/C15H27N3O5/c1-11(2)12(19)5-17-8-15(3,16(4)6-13(20)21)9-18(10-17)7-14(22)23/h11H,5-10H2,1-4H3,(H,20,21)(H,22,23). The Morgan fingerprint density at radius 3 is 2.04 bits per heavy atom. The van der Waals surface area contributed by atoms with Crippen LogP contribution in [0.1, 0.15) is 20.8 Å². The smallest absolute Gasteiger partial charge is 0.317 e. The molecule has 1 unspecified atom stereocenters. The van der Waals surface area contributed by atoms with Gasteiger partial charge in [0.2, 0.25) is 0 Å². The Kier molecular flexibility index (Phi) is 6.67. The number of carboxylic acid groups (broad SMARTS) is 2. The fraction of sp³-hybridized carbons (Fsp3) is 0.800. The molecule has 0 aliphatic carbocycles. The van der Waals surface area contributed by atoms with Gasteiger partial charge in [0.05, 0.1) is 26.3 Å². The maximum absolute atomic E-state index is 12.0. The Bertz CT molecular complexity index is 468. The minimum Gasteiger partial charge on any atom is -0.480 e. The molecule has 8 nitrogen and oxygen atoms in total. The lowest BCUT2D eigenvalue weighted by Crippen LogP contribution is -2.66. The lowest BCUT2D eigenvalue weighted by Gasteiger charge is -2.49. The molecule has 0 radical (unpaired) electrons. The van der Waals surface area contributed by atoms with E-state index in [1.54, 1.807) is 16.8 Å². The lowest BCUT2D eigenvalue weighted by molar-refractivity contribution is -0.145. The summed E-state index contributed by atoms with van der Waals surface area (Å²) in [5.41, 5.74) is -0.538. The molecule has 0 aromatic rings. The Labute approximate surface area is 136 Å². The van der Waals surface area contributed by atoms with Crippen molar-refractivity contribution >= 4 is 17.7 Å². The molecule has 1 saturated heterocycles. The Morgan fingerprint density at radius 1 is 1.09 bits per heavy atom. The first kappa shape index (κ1) is 19.5. The predicted molar refractivity (Wildman–Crippen MR) is 84.2 cm³/mol. The zero-order chi connectivity index (χ0) is 17.8. The van der Waals surface area contributed by atoms with Gasteiger partial charge < -0.3 is 10.2 Å². The summed E-state index contributed by atoms with van der Waals surface area (Å²) in [5, 5.41) is 18.0. The van der Waals surface area contributed by atoms with Crippen molar-refractivity contribution in [2.45, 2.75) is 26.3 Å². The van der Waals surface area contributed by atoms with E-state index in [2.05, 4.69) is 0 Å². The number of hydrogen-bond donors (Lipinski definition) is 2. The van der Waals surface area contributed by atoms with Crippen LogP contribution in [-0.2, 0) is 14.4 Å². The summed E-state index contributed by atoms with van der Waals surface area (Å²) < 4.78 is 0. The minimum atomic E-state index is -0.940. The molecule has 0 aromatic heterocycles. The zero-order valence-electron chi connectivity index (χ0n) is 14.3. The van der Waals surface area contributed by atoms with Gasteiger partial charge in [0, 0.05) is 24.5 Å². The number of hydrogen-bond acceptors (Lipinski definition) is 6. The molecule has 1 rings (SSSR count). The Morgan fingerprint density at radius 2 is 1.61 bits per heavy atom. The van der Waals surface area contributed by atoms with Crippen molar-refractivity contribution in [3.05, 3.63) is 0 Å². The van der Waals surface area contributed by atoms with Crippen molar-refractivity contribution in [2.24, 2.45) is 5.92 Å². The second kappa shape index (κ2) is 7.85. The van der Waals surface area contributed by atoms with Crippen LogP contribution in [0.4, 0.5) is 0 Å². The zero-order valence-corrected chi connectivity index (χ0v) is 14.3. The van der Waals surface area contributed by atoms with Crippen LogP contribution in [-0.4, -0.2) is 94.6 Å². The number of carboxylic acids is 2. The number of aliphatic carboxylic acids is 2. The van der Waals surface area contributed by atoms with E-state index < -0.39 is 17.5 Å². The molecule has 0 amide bonds. The molecule has 0 bridgehead atoms. The van der Waals surface area contributed by atoms with Crippen LogP contribution in [0.25, 0.3) is 0 Å². The Hall–Kier alpha value is -1.51. The lowest BCUT2D eigenvalue weighted by atomic mass is 9.95. The summed E-state index contributed by atoms with van der Waals surface area (Å²) >= 11 is 0. The second-order valence-electron chi connectivity index (χ2n) is 6.88. The summed E-state index contributed by atoms with van der Waals surface area (Å²) in [5.74, 6) is -1.88. The number of rotatable bonds is 8. The fourth-order valence-corrected chi connectivity index (χ4v) is 2.84. The third-order valence-corrected chi connectivity index (χ3v) is 4.20. The third-order valence-electron chi connectivity index (χ3n) is 4.20. The number of ketones is 1. The van der Waals surface area contributed by atoms with Crippen molar-refractivity contribution in [3.8, 4) is 0 Å². The van der Waals surface area contributed by atoms with Gasteiger partial charge in [0.25, 0.3) is 0 Å². The molecule has 2 N–H and O–H groups in total. The van der Waals surface area contributed by atoms with Crippen molar-refractivity contribution in [1.82, 2.24) is 14.7 Å². The van der Waals surface area contributed by atoms with E-state index in [1.165, 1.54) is 0 Å². The van der Waals surface area contributed by atoms with E-state index in [9.17, 15) is 14.4 Å². The van der Waals surface area contributed by atoms with Gasteiger partial charge >= 0.3 is 11.9 Å². The summed E-state index contributed by atoms with van der Waals surface area (Å²) in [4.78, 5) is 39.4. The van der Waals surface area contributed by atoms with Gasteiger partial charge in [-0.25, -0.2) is 0 Å². The monoisotopic (exact) mass is 329 g/mol. The summed E-state index contributed by atoms with van der Waals surface area (Å²) in [6, 6.07) is 0. The molecule has 0 spiro atoms. The van der Waals surface area contributed by atoms with E-state index in [0.717, 1.165) is 0 Å². The summed E-state index contributed by atoms with van der Waals surface area (Å²) in [6.07, 6.45) is 0. The second-order valence-corrected chi connectivity index (χ2v) is 6.88. The molecule has 1 aliphatic heterocycles. The highest BCUT2D eigenvalue weighted by Gasteiger charge is 2.39. The van der Waals surface area contributed by atoms with Crippen LogP contribution >= 0.6 is 0 Å². The number of likely N-dealkylation sites (N-methyl/N-ethyl adjacent to an activating group) is 1. The normalized spacial score (nSPS) is 23.4. The van der Waals surface area contributed by atoms with Gasteiger partial charge in [-0.2, -0.15) is 0 Å². The molecule has 1 aliphatic rings. The van der Waals surface area contributed by atoms with Crippen LogP contribution < -0.4 is 0 Å². The average Bonchev–Trinajstić information content (AvgIpc) is 2.35. The highest BCUT2D eigenvalue weighted by atomic mass is 16.4. The molecule has 0 saturated carbocycles. The number of carbonyl (C=O) groups excluding carboxylic acids is 1. The molecule has 0 aromatic carbocycles. The molecule has 1 fully saturated rings. The molecule has 23 heavy (non-hydrogen) atoms. The van der Waals surface area contributed by atoms with E-state index in [4.69, 9.17) is 10.2 Å². The molecular weight excluding hydrogens is 302 g/mol. The van der Waals surface area contributed by atoms with Crippen LogP contribution in [0.5, 0.6) is 0 Å². The van der Waals surface area contributed by atoms with Gasteiger partial charge in [-0.15, -0.1) is 0 Å². The predicted octanol–water partition coefficient (Wildman–Crippen LogP) is -0.354. The van der Waals surface area contributed by atoms with Crippen LogP contribution in [0.3, 0.4) is 0 Å². The van der Waals surface area contributed by atoms with E-state index in [0.29, 0.717) is 19.8 Å². The number of nitrogens with zero attached hydrogens (tertiary/aromatic N) is 3. The molecular formula is C15H27N3O5. The largest absolute Gasteiger partial charge is 0.480 e. The van der Waals surface area contributed by atoms with Crippen molar-refractivity contribution in [1.29, 1.82) is 0 Å². The third kappa shape index (κ3) is 5.89. The maximum atomic E-state index is 12.0. The molecule has 1 heterocycles. The highest BCUT2D eigenvalue weighted by Crippen LogP contribution is 2.22. The average molecular weight is 329 g/mol. The van der Waals surface area contributed by atoms with Crippen LogP contribution in [0.15, 0.2) is 0 Å². The van der Waals surface area contributed by atoms with Gasteiger partial charge in [0.15, 0.2) is 0 Å². The van der Waals surface area contributed by atoms with E-state index in [1.807, 2.05) is 25.7 Å². The topological polar surface area (TPSA) is 101 Å². The SMILES string of the molecule is CC(C)C(=O)CN1CN(CC(=O)O)CC(C)(N(C)CC(=O)O)C1. The maximum Gasteiger partial charge on any atom is 0.317 e. The van der Waals surface area contributed by atoms with E-state index in [-0.39, 0.29) is 31.3 Å².